The SMILES string of the molecule is CCc1nn(C)c(C(=O)NCc2c(F)c(F)c(CCC(C)C)c(F)c2F)c1Cl. The molecule has 154 valence electrons. The lowest BCUT2D eigenvalue weighted by Gasteiger charge is -2.13. The quantitative estimate of drug-likeness (QED) is 0.522. The first kappa shape index (κ1) is 22.2. The predicted octanol–water partition coefficient (Wildman–Crippen LogP) is 4.71. The van der Waals surface area contributed by atoms with Crippen LogP contribution in [0.2, 0.25) is 5.02 Å². The van der Waals surface area contributed by atoms with Crippen LogP contribution in [0.15, 0.2) is 0 Å². The molecule has 1 aromatic heterocycles. The van der Waals surface area contributed by atoms with Crippen molar-refractivity contribution in [3.8, 4) is 0 Å². The van der Waals surface area contributed by atoms with Crippen molar-refractivity contribution in [2.45, 2.75) is 46.6 Å². The molecule has 0 saturated carbocycles. The Morgan fingerprint density at radius 3 is 2.11 bits per heavy atom. The Morgan fingerprint density at radius 1 is 1.11 bits per heavy atom. The number of carbonyl (C=O) groups excluding carboxylic acids is 1. The number of rotatable bonds is 7. The van der Waals surface area contributed by atoms with Gasteiger partial charge < -0.3 is 5.32 Å². The van der Waals surface area contributed by atoms with E-state index in [4.69, 9.17) is 11.6 Å². The zero-order chi connectivity index (χ0) is 21.2. The fraction of sp³-hybridized carbons (Fsp3) is 0.474. The van der Waals surface area contributed by atoms with Crippen LogP contribution in [-0.2, 0) is 26.4 Å². The summed E-state index contributed by atoms with van der Waals surface area (Å²) in [4.78, 5) is 12.3. The van der Waals surface area contributed by atoms with Crippen LogP contribution < -0.4 is 5.32 Å². The lowest BCUT2D eigenvalue weighted by Crippen LogP contribution is -2.27. The zero-order valence-electron chi connectivity index (χ0n) is 16.1. The van der Waals surface area contributed by atoms with Gasteiger partial charge in [0.15, 0.2) is 23.3 Å². The molecule has 0 spiro atoms. The topological polar surface area (TPSA) is 46.9 Å². The van der Waals surface area contributed by atoms with E-state index in [0.29, 0.717) is 18.5 Å². The summed E-state index contributed by atoms with van der Waals surface area (Å²) in [7, 11) is 1.49. The van der Waals surface area contributed by atoms with Crippen LogP contribution in [0, 0.1) is 29.2 Å². The molecule has 0 saturated heterocycles. The van der Waals surface area contributed by atoms with E-state index in [1.54, 1.807) is 6.92 Å². The van der Waals surface area contributed by atoms with Crippen molar-refractivity contribution in [3.05, 3.63) is 50.8 Å². The molecule has 1 aromatic carbocycles. The molecule has 1 N–H and O–H groups in total. The average Bonchev–Trinajstić information content (AvgIpc) is 2.93. The third kappa shape index (κ3) is 4.32. The molecule has 28 heavy (non-hydrogen) atoms. The fourth-order valence-corrected chi connectivity index (χ4v) is 3.19. The standard InChI is InChI=1S/C19H22ClF4N3O/c1-5-12-13(20)18(27(4)26-12)19(28)25-8-11-16(23)14(21)10(7-6-9(2)3)15(22)17(11)24/h9H,5-8H2,1-4H3,(H,25,28). The molecule has 0 atom stereocenters. The predicted molar refractivity (Wildman–Crippen MR) is 98.2 cm³/mol. The number of carbonyl (C=O) groups is 1. The number of hydrogen-bond donors (Lipinski definition) is 1. The van der Waals surface area contributed by atoms with Gasteiger partial charge in [-0.15, -0.1) is 0 Å². The highest BCUT2D eigenvalue weighted by molar-refractivity contribution is 6.34. The summed E-state index contributed by atoms with van der Waals surface area (Å²) < 4.78 is 58.4. The minimum absolute atomic E-state index is 0.00571. The molecule has 1 heterocycles. The number of halogens is 5. The van der Waals surface area contributed by atoms with E-state index in [-0.39, 0.29) is 23.1 Å². The number of aryl methyl sites for hydroxylation is 2. The fourth-order valence-electron chi connectivity index (χ4n) is 2.81. The van der Waals surface area contributed by atoms with Gasteiger partial charge in [0.25, 0.3) is 5.91 Å². The highest BCUT2D eigenvalue weighted by atomic mass is 35.5. The van der Waals surface area contributed by atoms with Crippen molar-refractivity contribution in [3.63, 3.8) is 0 Å². The molecule has 0 radical (unpaired) electrons. The minimum atomic E-state index is -1.51. The van der Waals surface area contributed by atoms with Gasteiger partial charge in [-0.2, -0.15) is 5.10 Å². The molecule has 0 aliphatic heterocycles. The Hall–Kier alpha value is -2.09. The van der Waals surface area contributed by atoms with E-state index >= 15 is 0 Å². The maximum Gasteiger partial charge on any atom is 0.271 e. The summed E-state index contributed by atoms with van der Waals surface area (Å²) in [5.74, 6) is -6.54. The largest absolute Gasteiger partial charge is 0.346 e. The van der Waals surface area contributed by atoms with Crippen LogP contribution in [0.5, 0.6) is 0 Å². The first-order valence-electron chi connectivity index (χ1n) is 8.93. The zero-order valence-corrected chi connectivity index (χ0v) is 16.9. The number of hydrogen-bond acceptors (Lipinski definition) is 2. The maximum atomic E-state index is 14.3. The highest BCUT2D eigenvalue weighted by Crippen LogP contribution is 2.26. The Bertz CT molecular complexity index is 867. The van der Waals surface area contributed by atoms with Crippen LogP contribution in [0.25, 0.3) is 0 Å². The van der Waals surface area contributed by atoms with Crippen LogP contribution in [0.1, 0.15) is 54.5 Å². The van der Waals surface area contributed by atoms with Gasteiger partial charge >= 0.3 is 0 Å². The lowest BCUT2D eigenvalue weighted by atomic mass is 9.99. The average molecular weight is 420 g/mol. The second-order valence-corrected chi connectivity index (χ2v) is 7.29. The molecule has 2 aromatic rings. The summed E-state index contributed by atoms with van der Waals surface area (Å²) in [5.41, 5.74) is -1.03. The molecule has 0 bridgehead atoms. The maximum absolute atomic E-state index is 14.3. The van der Waals surface area contributed by atoms with Gasteiger partial charge in [-0.25, -0.2) is 17.6 Å². The molecule has 4 nitrogen and oxygen atoms in total. The lowest BCUT2D eigenvalue weighted by molar-refractivity contribution is 0.0940. The molecule has 0 unspecified atom stereocenters. The number of aromatic nitrogens is 2. The van der Waals surface area contributed by atoms with E-state index in [1.165, 1.54) is 11.7 Å². The van der Waals surface area contributed by atoms with Crippen LogP contribution in [0.4, 0.5) is 17.6 Å². The first-order chi connectivity index (χ1) is 13.1. The van der Waals surface area contributed by atoms with Crippen molar-refractivity contribution in [2.24, 2.45) is 13.0 Å². The van der Waals surface area contributed by atoms with E-state index in [9.17, 15) is 22.4 Å². The summed E-state index contributed by atoms with van der Waals surface area (Å²) >= 11 is 6.09. The summed E-state index contributed by atoms with van der Waals surface area (Å²) in [5, 5.41) is 6.43. The second kappa shape index (κ2) is 8.94. The molecule has 0 aliphatic carbocycles. The van der Waals surface area contributed by atoms with Gasteiger partial charge in [-0.3, -0.25) is 9.48 Å². The summed E-state index contributed by atoms with van der Waals surface area (Å²) in [6, 6.07) is 0. The Morgan fingerprint density at radius 2 is 1.64 bits per heavy atom. The number of benzene rings is 1. The molecular weight excluding hydrogens is 398 g/mol. The van der Waals surface area contributed by atoms with Gasteiger partial charge in [-0.05, 0) is 25.2 Å². The van der Waals surface area contributed by atoms with Gasteiger partial charge in [0, 0.05) is 24.7 Å². The molecule has 0 fully saturated rings. The van der Waals surface area contributed by atoms with Gasteiger partial charge in [0.05, 0.1) is 10.7 Å². The minimum Gasteiger partial charge on any atom is -0.346 e. The van der Waals surface area contributed by atoms with E-state index < -0.39 is 46.8 Å². The molecule has 2 rings (SSSR count). The molecular formula is C19H22ClF4N3O. The second-order valence-electron chi connectivity index (χ2n) is 6.91. The van der Waals surface area contributed by atoms with Crippen LogP contribution >= 0.6 is 11.6 Å². The van der Waals surface area contributed by atoms with E-state index in [2.05, 4.69) is 10.4 Å². The van der Waals surface area contributed by atoms with Crippen LogP contribution in [0.3, 0.4) is 0 Å². The third-order valence-electron chi connectivity index (χ3n) is 4.45. The normalized spacial score (nSPS) is 11.4. The van der Waals surface area contributed by atoms with Crippen molar-refractivity contribution >= 4 is 17.5 Å². The van der Waals surface area contributed by atoms with Crippen molar-refractivity contribution in [1.29, 1.82) is 0 Å². The van der Waals surface area contributed by atoms with Gasteiger partial charge in [0.1, 0.15) is 5.69 Å². The monoisotopic (exact) mass is 419 g/mol. The summed E-state index contributed by atoms with van der Waals surface area (Å²) in [6.45, 7) is 4.73. The molecule has 1 amide bonds. The number of nitrogens with zero attached hydrogens (tertiary/aromatic N) is 2. The van der Waals surface area contributed by atoms with Gasteiger partial charge in [0.2, 0.25) is 0 Å². The van der Waals surface area contributed by atoms with Crippen molar-refractivity contribution in [2.75, 3.05) is 0 Å². The number of amides is 1. The Kier molecular flexibility index (Phi) is 7.09. The van der Waals surface area contributed by atoms with Crippen LogP contribution in [-0.4, -0.2) is 15.7 Å². The molecule has 0 aliphatic rings. The first-order valence-corrected chi connectivity index (χ1v) is 9.31. The smallest absolute Gasteiger partial charge is 0.271 e. The molecule has 9 heteroatoms. The third-order valence-corrected chi connectivity index (χ3v) is 4.85. The highest BCUT2D eigenvalue weighted by Gasteiger charge is 2.26. The van der Waals surface area contributed by atoms with Gasteiger partial charge in [-0.1, -0.05) is 32.4 Å². The Balaban J connectivity index is 2.27. The number of nitrogens with one attached hydrogen (secondary N) is 1. The van der Waals surface area contributed by atoms with E-state index in [1.807, 2.05) is 13.8 Å². The summed E-state index contributed by atoms with van der Waals surface area (Å²) in [6.07, 6.45) is 0.735. The Labute approximate surface area is 165 Å². The van der Waals surface area contributed by atoms with Crippen molar-refractivity contribution in [1.82, 2.24) is 15.1 Å². The van der Waals surface area contributed by atoms with Crippen molar-refractivity contribution < 1.29 is 22.4 Å². The van der Waals surface area contributed by atoms with E-state index in [0.717, 1.165) is 0 Å².